The minimum absolute atomic E-state index is 0.304. The van der Waals surface area contributed by atoms with E-state index in [-0.39, 0.29) is 5.97 Å². The van der Waals surface area contributed by atoms with Crippen molar-refractivity contribution in [3.05, 3.63) is 65.7 Å². The highest BCUT2D eigenvalue weighted by Crippen LogP contribution is 2.23. The van der Waals surface area contributed by atoms with Gasteiger partial charge in [-0.25, -0.2) is 4.79 Å². The smallest absolute Gasteiger partial charge is 0.337 e. The number of para-hydroxylation sites is 1. The van der Waals surface area contributed by atoms with E-state index in [4.69, 9.17) is 14.5 Å². The van der Waals surface area contributed by atoms with Crippen molar-refractivity contribution < 1.29 is 14.3 Å². The van der Waals surface area contributed by atoms with Gasteiger partial charge in [0.05, 0.1) is 25.3 Å². The number of hydrogen-bond donors (Lipinski definition) is 0. The first-order chi connectivity index (χ1) is 12.7. The Hall–Kier alpha value is -2.62. The molecule has 26 heavy (non-hydrogen) atoms. The SMILES string of the molecule is COC(=O)c1ccc(CC2=N[C@@H]([C@H](C)COc3ccccc3)CC2)cc1. The van der Waals surface area contributed by atoms with Gasteiger partial charge in [0.1, 0.15) is 5.75 Å². The summed E-state index contributed by atoms with van der Waals surface area (Å²) < 4.78 is 10.6. The van der Waals surface area contributed by atoms with Gasteiger partial charge in [-0.2, -0.15) is 0 Å². The van der Waals surface area contributed by atoms with Gasteiger partial charge in [0.25, 0.3) is 0 Å². The highest BCUT2D eigenvalue weighted by molar-refractivity contribution is 5.90. The van der Waals surface area contributed by atoms with Gasteiger partial charge in [0.2, 0.25) is 0 Å². The van der Waals surface area contributed by atoms with Crippen LogP contribution in [0.15, 0.2) is 59.6 Å². The van der Waals surface area contributed by atoms with Crippen LogP contribution in [0.25, 0.3) is 0 Å². The molecule has 4 heteroatoms. The van der Waals surface area contributed by atoms with Crippen molar-refractivity contribution in [1.82, 2.24) is 0 Å². The molecule has 4 nitrogen and oxygen atoms in total. The number of hydrogen-bond acceptors (Lipinski definition) is 4. The number of aliphatic imine (C=N–C) groups is 1. The molecule has 0 amide bonds. The van der Waals surface area contributed by atoms with Gasteiger partial charge in [-0.3, -0.25) is 4.99 Å². The Morgan fingerprint density at radius 1 is 1.15 bits per heavy atom. The Morgan fingerprint density at radius 3 is 2.58 bits per heavy atom. The second-order valence-corrected chi connectivity index (χ2v) is 6.77. The topological polar surface area (TPSA) is 47.9 Å². The Morgan fingerprint density at radius 2 is 1.88 bits per heavy atom. The molecule has 0 saturated heterocycles. The lowest BCUT2D eigenvalue weighted by molar-refractivity contribution is 0.0600. The van der Waals surface area contributed by atoms with Crippen molar-refractivity contribution in [2.75, 3.05) is 13.7 Å². The van der Waals surface area contributed by atoms with Crippen LogP contribution < -0.4 is 4.74 Å². The highest BCUT2D eigenvalue weighted by atomic mass is 16.5. The third-order valence-corrected chi connectivity index (χ3v) is 4.77. The van der Waals surface area contributed by atoms with Gasteiger partial charge < -0.3 is 9.47 Å². The van der Waals surface area contributed by atoms with Gasteiger partial charge in [0.15, 0.2) is 0 Å². The van der Waals surface area contributed by atoms with Crippen LogP contribution in [0.1, 0.15) is 35.7 Å². The van der Waals surface area contributed by atoms with E-state index in [1.807, 2.05) is 54.6 Å². The summed E-state index contributed by atoms with van der Waals surface area (Å²) in [6, 6.07) is 17.8. The molecule has 0 unspecified atom stereocenters. The molecule has 0 spiro atoms. The molecule has 2 aromatic rings. The van der Waals surface area contributed by atoms with Crippen LogP contribution in [0, 0.1) is 5.92 Å². The lowest BCUT2D eigenvalue weighted by Crippen LogP contribution is -2.20. The monoisotopic (exact) mass is 351 g/mol. The van der Waals surface area contributed by atoms with Crippen LogP contribution in [-0.2, 0) is 11.2 Å². The molecule has 136 valence electrons. The minimum Gasteiger partial charge on any atom is -0.493 e. The molecule has 1 heterocycles. The van der Waals surface area contributed by atoms with Crippen LogP contribution >= 0.6 is 0 Å². The Labute approximate surface area is 154 Å². The lowest BCUT2D eigenvalue weighted by atomic mass is 10.00. The second-order valence-electron chi connectivity index (χ2n) is 6.77. The summed E-state index contributed by atoms with van der Waals surface area (Å²) in [5, 5.41) is 0. The Kier molecular flexibility index (Phi) is 6.05. The van der Waals surface area contributed by atoms with E-state index in [0.29, 0.717) is 24.1 Å². The number of carbonyl (C=O) groups is 1. The summed E-state index contributed by atoms with van der Waals surface area (Å²) in [6.45, 7) is 2.88. The fraction of sp³-hybridized carbons (Fsp3) is 0.364. The van der Waals surface area contributed by atoms with Gasteiger partial charge >= 0.3 is 5.97 Å². The van der Waals surface area contributed by atoms with E-state index in [9.17, 15) is 4.79 Å². The first-order valence-electron chi connectivity index (χ1n) is 9.06. The largest absolute Gasteiger partial charge is 0.493 e. The van der Waals surface area contributed by atoms with E-state index < -0.39 is 0 Å². The van der Waals surface area contributed by atoms with Crippen LogP contribution in [0.4, 0.5) is 0 Å². The molecule has 0 fully saturated rings. The van der Waals surface area contributed by atoms with Gasteiger partial charge in [-0.05, 0) is 42.7 Å². The maximum atomic E-state index is 11.5. The molecular formula is C22H25NO3. The molecular weight excluding hydrogens is 326 g/mol. The first kappa shape index (κ1) is 18.2. The molecule has 2 aromatic carbocycles. The van der Waals surface area contributed by atoms with E-state index in [0.717, 1.165) is 25.0 Å². The van der Waals surface area contributed by atoms with Crippen molar-refractivity contribution in [2.45, 2.75) is 32.2 Å². The maximum absolute atomic E-state index is 11.5. The van der Waals surface area contributed by atoms with Gasteiger partial charge in [0, 0.05) is 18.1 Å². The maximum Gasteiger partial charge on any atom is 0.337 e. The minimum atomic E-state index is -0.304. The fourth-order valence-corrected chi connectivity index (χ4v) is 3.19. The molecule has 1 aliphatic rings. The van der Waals surface area contributed by atoms with Crippen LogP contribution in [0.2, 0.25) is 0 Å². The number of benzene rings is 2. The molecule has 2 atom stereocenters. The molecule has 0 bridgehead atoms. The number of rotatable bonds is 7. The lowest BCUT2D eigenvalue weighted by Gasteiger charge is -2.17. The number of ether oxygens (including phenoxy) is 2. The van der Waals surface area contributed by atoms with Crippen molar-refractivity contribution in [2.24, 2.45) is 10.9 Å². The van der Waals surface area contributed by atoms with Crippen molar-refractivity contribution in [1.29, 1.82) is 0 Å². The Balaban J connectivity index is 1.53. The zero-order chi connectivity index (χ0) is 18.4. The highest BCUT2D eigenvalue weighted by Gasteiger charge is 2.23. The summed E-state index contributed by atoms with van der Waals surface area (Å²) in [5.74, 6) is 0.990. The molecule has 0 radical (unpaired) electrons. The number of carbonyl (C=O) groups excluding carboxylic acids is 1. The summed E-state index contributed by atoms with van der Waals surface area (Å²) in [6.07, 6.45) is 2.94. The van der Waals surface area contributed by atoms with Crippen LogP contribution in [-0.4, -0.2) is 31.4 Å². The van der Waals surface area contributed by atoms with E-state index >= 15 is 0 Å². The van der Waals surface area contributed by atoms with E-state index in [2.05, 4.69) is 6.92 Å². The summed E-state index contributed by atoms with van der Waals surface area (Å²) in [7, 11) is 1.40. The van der Waals surface area contributed by atoms with Crippen LogP contribution in [0.5, 0.6) is 5.75 Å². The molecule has 0 aromatic heterocycles. The summed E-state index contributed by atoms with van der Waals surface area (Å²) in [5.41, 5.74) is 2.98. The summed E-state index contributed by atoms with van der Waals surface area (Å²) in [4.78, 5) is 16.4. The fourth-order valence-electron chi connectivity index (χ4n) is 3.19. The zero-order valence-electron chi connectivity index (χ0n) is 15.4. The van der Waals surface area contributed by atoms with Crippen molar-refractivity contribution >= 4 is 11.7 Å². The number of methoxy groups -OCH3 is 1. The van der Waals surface area contributed by atoms with E-state index in [1.165, 1.54) is 18.4 Å². The average molecular weight is 351 g/mol. The Bertz CT molecular complexity index is 753. The standard InChI is InChI=1S/C22H25NO3/c1-16(15-26-20-6-4-3-5-7-20)21-13-12-19(23-21)14-17-8-10-18(11-9-17)22(24)25-2/h3-11,16,21H,12-15H2,1-2H3/t16-,21-/m1/s1. The first-order valence-corrected chi connectivity index (χ1v) is 9.06. The molecule has 0 aliphatic carbocycles. The normalized spacial score (nSPS) is 17.5. The van der Waals surface area contributed by atoms with Crippen molar-refractivity contribution in [3.63, 3.8) is 0 Å². The third kappa shape index (κ3) is 4.72. The van der Waals surface area contributed by atoms with E-state index in [1.54, 1.807) is 0 Å². The average Bonchev–Trinajstić information content (AvgIpc) is 3.15. The van der Waals surface area contributed by atoms with Crippen molar-refractivity contribution in [3.8, 4) is 5.75 Å². The third-order valence-electron chi connectivity index (χ3n) is 4.77. The molecule has 0 N–H and O–H groups in total. The van der Waals surface area contributed by atoms with Gasteiger partial charge in [-0.15, -0.1) is 0 Å². The van der Waals surface area contributed by atoms with Gasteiger partial charge in [-0.1, -0.05) is 37.3 Å². The number of esters is 1. The zero-order valence-corrected chi connectivity index (χ0v) is 15.4. The molecule has 0 saturated carbocycles. The molecule has 3 rings (SSSR count). The predicted molar refractivity (Wildman–Crippen MR) is 103 cm³/mol. The quantitative estimate of drug-likeness (QED) is 0.698. The number of nitrogens with zero attached hydrogens (tertiary/aromatic N) is 1. The van der Waals surface area contributed by atoms with Crippen LogP contribution in [0.3, 0.4) is 0 Å². The molecule has 1 aliphatic heterocycles. The predicted octanol–water partition coefficient (Wildman–Crippen LogP) is 4.33. The second kappa shape index (κ2) is 8.65. The summed E-state index contributed by atoms with van der Waals surface area (Å²) >= 11 is 0.